The number of alkyl halides is 3. The maximum atomic E-state index is 13.1. The highest BCUT2D eigenvalue weighted by atomic mass is 32.2. The Labute approximate surface area is 181 Å². The second-order valence-electron chi connectivity index (χ2n) is 8.43. The molecule has 1 saturated carbocycles. The highest BCUT2D eigenvalue weighted by Crippen LogP contribution is 2.35. The molecular formula is C21H30F3N3O3S. The molecule has 1 heterocycles. The summed E-state index contributed by atoms with van der Waals surface area (Å²) in [6.45, 7) is 0.975. The minimum absolute atomic E-state index is 0.0376. The molecule has 3 rings (SSSR count). The van der Waals surface area contributed by atoms with Crippen molar-refractivity contribution < 1.29 is 26.4 Å². The Morgan fingerprint density at radius 3 is 2.52 bits per heavy atom. The number of likely N-dealkylation sites (N-methyl/N-ethyl adjacent to an activating group) is 1. The number of hydrogen-bond acceptors (Lipinski definition) is 4. The molecule has 6 nitrogen and oxygen atoms in total. The second-order valence-corrected chi connectivity index (χ2v) is 10.3. The van der Waals surface area contributed by atoms with Crippen LogP contribution in [-0.2, 0) is 27.4 Å². The van der Waals surface area contributed by atoms with Crippen molar-refractivity contribution in [3.63, 3.8) is 0 Å². The van der Waals surface area contributed by atoms with Crippen molar-refractivity contribution in [2.24, 2.45) is 5.92 Å². The SMILES string of the molecule is CNS(=O)(=O)c1cc(C(F)(F)F)ccc1CC(=O)N(C)C1CCCCC1C1CCCN1. The standard InChI is InChI=1S/C21H30F3N3O3S/c1-25-31(29,30)19-13-15(21(22,23)24)10-9-14(19)12-20(28)27(2)18-8-4-3-6-16(18)17-7-5-11-26-17/h9-10,13,16-18,25-26H,3-8,11-12H2,1-2H3. The Morgan fingerprint density at radius 1 is 1.19 bits per heavy atom. The van der Waals surface area contributed by atoms with Gasteiger partial charge < -0.3 is 10.2 Å². The first-order valence-corrected chi connectivity index (χ1v) is 12.2. The molecule has 1 aliphatic carbocycles. The average molecular weight is 462 g/mol. The van der Waals surface area contributed by atoms with Gasteiger partial charge in [0.2, 0.25) is 15.9 Å². The van der Waals surface area contributed by atoms with Crippen LogP contribution >= 0.6 is 0 Å². The molecule has 3 atom stereocenters. The van der Waals surface area contributed by atoms with Crippen LogP contribution in [0.4, 0.5) is 13.2 Å². The monoisotopic (exact) mass is 461 g/mol. The first-order chi connectivity index (χ1) is 14.5. The van der Waals surface area contributed by atoms with E-state index in [4.69, 9.17) is 0 Å². The average Bonchev–Trinajstić information content (AvgIpc) is 3.27. The number of sulfonamides is 1. The van der Waals surface area contributed by atoms with Gasteiger partial charge in [-0.1, -0.05) is 18.9 Å². The van der Waals surface area contributed by atoms with Crippen LogP contribution in [0.1, 0.15) is 49.7 Å². The van der Waals surface area contributed by atoms with Crippen LogP contribution in [0.2, 0.25) is 0 Å². The number of halogens is 3. The van der Waals surface area contributed by atoms with Gasteiger partial charge in [0.25, 0.3) is 0 Å². The van der Waals surface area contributed by atoms with Gasteiger partial charge in [0, 0.05) is 19.1 Å². The number of nitrogens with zero attached hydrogens (tertiary/aromatic N) is 1. The molecule has 2 N–H and O–H groups in total. The number of benzene rings is 1. The van der Waals surface area contributed by atoms with Crippen molar-refractivity contribution in [1.82, 2.24) is 14.9 Å². The van der Waals surface area contributed by atoms with Crippen LogP contribution in [0.15, 0.2) is 23.1 Å². The van der Waals surface area contributed by atoms with Gasteiger partial charge in [-0.15, -0.1) is 0 Å². The lowest BCUT2D eigenvalue weighted by Gasteiger charge is -2.41. The van der Waals surface area contributed by atoms with Gasteiger partial charge in [0.15, 0.2) is 0 Å². The van der Waals surface area contributed by atoms with E-state index >= 15 is 0 Å². The molecule has 2 aliphatic rings. The lowest BCUT2D eigenvalue weighted by atomic mass is 9.78. The Kier molecular flexibility index (Phi) is 7.32. The van der Waals surface area contributed by atoms with Gasteiger partial charge >= 0.3 is 6.18 Å². The van der Waals surface area contributed by atoms with Crippen molar-refractivity contribution >= 4 is 15.9 Å². The number of rotatable bonds is 6. The number of carbonyl (C=O) groups is 1. The lowest BCUT2D eigenvalue weighted by Crippen LogP contribution is -2.50. The van der Waals surface area contributed by atoms with Gasteiger partial charge in [0.05, 0.1) is 16.9 Å². The molecule has 1 amide bonds. The van der Waals surface area contributed by atoms with E-state index in [1.807, 2.05) is 0 Å². The van der Waals surface area contributed by atoms with Crippen LogP contribution in [0.5, 0.6) is 0 Å². The Bertz CT molecular complexity index is 899. The third-order valence-electron chi connectivity index (χ3n) is 6.58. The highest BCUT2D eigenvalue weighted by molar-refractivity contribution is 7.89. The van der Waals surface area contributed by atoms with E-state index in [0.29, 0.717) is 18.0 Å². The van der Waals surface area contributed by atoms with E-state index < -0.39 is 26.7 Å². The molecule has 174 valence electrons. The first-order valence-electron chi connectivity index (χ1n) is 10.7. The van der Waals surface area contributed by atoms with E-state index in [1.165, 1.54) is 0 Å². The number of carbonyl (C=O) groups excluding carboxylic acids is 1. The quantitative estimate of drug-likeness (QED) is 0.683. The van der Waals surface area contributed by atoms with Gasteiger partial charge in [0.1, 0.15) is 0 Å². The van der Waals surface area contributed by atoms with E-state index in [-0.39, 0.29) is 23.9 Å². The van der Waals surface area contributed by atoms with Crippen LogP contribution in [0.25, 0.3) is 0 Å². The zero-order valence-electron chi connectivity index (χ0n) is 17.8. The molecule has 0 radical (unpaired) electrons. The molecule has 10 heteroatoms. The van der Waals surface area contributed by atoms with Crippen molar-refractivity contribution in [2.45, 2.75) is 68.1 Å². The second kappa shape index (κ2) is 9.46. The summed E-state index contributed by atoms with van der Waals surface area (Å²) in [6, 6.07) is 2.92. The zero-order valence-corrected chi connectivity index (χ0v) is 18.7. The highest BCUT2D eigenvalue weighted by Gasteiger charge is 2.37. The summed E-state index contributed by atoms with van der Waals surface area (Å²) in [7, 11) is -1.31. The molecule has 1 aromatic rings. The van der Waals surface area contributed by atoms with Crippen molar-refractivity contribution in [3.05, 3.63) is 29.3 Å². The minimum Gasteiger partial charge on any atom is -0.342 e. The predicted molar refractivity (Wildman–Crippen MR) is 111 cm³/mol. The van der Waals surface area contributed by atoms with E-state index in [2.05, 4.69) is 10.0 Å². The Hall–Kier alpha value is -1.65. The summed E-state index contributed by atoms with van der Waals surface area (Å²) >= 11 is 0. The molecule has 0 aromatic heterocycles. The fourth-order valence-corrected chi connectivity index (χ4v) is 5.86. The maximum Gasteiger partial charge on any atom is 0.416 e. The van der Waals surface area contributed by atoms with E-state index in [0.717, 1.165) is 64.3 Å². The van der Waals surface area contributed by atoms with Crippen LogP contribution in [0, 0.1) is 5.92 Å². The summed E-state index contributed by atoms with van der Waals surface area (Å²) in [4.78, 5) is 14.3. The Morgan fingerprint density at radius 2 is 1.90 bits per heavy atom. The van der Waals surface area contributed by atoms with Crippen LogP contribution < -0.4 is 10.0 Å². The normalized spacial score (nSPS) is 24.9. The predicted octanol–water partition coefficient (Wildman–Crippen LogP) is 2.93. The smallest absolute Gasteiger partial charge is 0.342 e. The minimum atomic E-state index is -4.68. The fourth-order valence-electron chi connectivity index (χ4n) is 4.88. The molecule has 31 heavy (non-hydrogen) atoms. The van der Waals surface area contributed by atoms with E-state index in [9.17, 15) is 26.4 Å². The van der Waals surface area contributed by atoms with Gasteiger partial charge in [-0.05, 0) is 62.9 Å². The number of hydrogen-bond donors (Lipinski definition) is 2. The fraction of sp³-hybridized carbons (Fsp3) is 0.667. The Balaban J connectivity index is 1.84. The van der Waals surface area contributed by atoms with Crippen molar-refractivity contribution in [3.8, 4) is 0 Å². The summed E-state index contributed by atoms with van der Waals surface area (Å²) in [5, 5.41) is 3.52. The molecule has 1 aliphatic heterocycles. The summed E-state index contributed by atoms with van der Waals surface area (Å²) in [6.07, 6.45) is 1.28. The molecule has 0 spiro atoms. The zero-order chi connectivity index (χ0) is 22.8. The number of amides is 1. The topological polar surface area (TPSA) is 78.5 Å². The third kappa shape index (κ3) is 5.40. The van der Waals surface area contributed by atoms with Crippen LogP contribution in [-0.4, -0.2) is 51.9 Å². The van der Waals surface area contributed by atoms with Crippen LogP contribution in [0.3, 0.4) is 0 Å². The first kappa shape index (κ1) is 24.0. The number of nitrogens with one attached hydrogen (secondary N) is 2. The van der Waals surface area contributed by atoms with Crippen molar-refractivity contribution in [1.29, 1.82) is 0 Å². The van der Waals surface area contributed by atoms with E-state index in [1.54, 1.807) is 11.9 Å². The van der Waals surface area contributed by atoms with Crippen molar-refractivity contribution in [2.75, 3.05) is 20.6 Å². The largest absolute Gasteiger partial charge is 0.416 e. The lowest BCUT2D eigenvalue weighted by molar-refractivity contribution is -0.137. The van der Waals surface area contributed by atoms with Gasteiger partial charge in [-0.2, -0.15) is 13.2 Å². The maximum absolute atomic E-state index is 13.1. The summed E-state index contributed by atoms with van der Waals surface area (Å²) < 4.78 is 66.2. The molecule has 2 fully saturated rings. The summed E-state index contributed by atoms with van der Waals surface area (Å²) in [5.41, 5.74) is -1.00. The van der Waals surface area contributed by atoms with Gasteiger partial charge in [-0.3, -0.25) is 4.79 Å². The molecule has 3 unspecified atom stereocenters. The summed E-state index contributed by atoms with van der Waals surface area (Å²) in [5.74, 6) is 0.0422. The molecule has 1 saturated heterocycles. The van der Waals surface area contributed by atoms with Gasteiger partial charge in [-0.25, -0.2) is 13.1 Å². The molecular weight excluding hydrogens is 431 g/mol. The molecule has 1 aromatic carbocycles. The third-order valence-corrected chi connectivity index (χ3v) is 8.08. The molecule has 0 bridgehead atoms.